The van der Waals surface area contributed by atoms with Crippen LogP contribution in [0, 0.1) is 0 Å². The summed E-state index contributed by atoms with van der Waals surface area (Å²) in [5.74, 6) is -0.473. The van der Waals surface area contributed by atoms with E-state index in [9.17, 15) is 9.00 Å². The van der Waals surface area contributed by atoms with Crippen molar-refractivity contribution in [3.63, 3.8) is 0 Å². The maximum absolute atomic E-state index is 10.7. The van der Waals surface area contributed by atoms with Crippen LogP contribution in [0.15, 0.2) is 12.7 Å². The molecule has 0 fully saturated rings. The van der Waals surface area contributed by atoms with E-state index in [1.165, 1.54) is 0 Å². The van der Waals surface area contributed by atoms with E-state index in [1.807, 2.05) is 0 Å². The predicted octanol–water partition coefficient (Wildman–Crippen LogP) is 1.43. The number of hydrogen-bond donors (Lipinski definition) is 1. The Morgan fingerprint density at radius 3 is 2.67 bits per heavy atom. The number of ether oxygens (including phenoxy) is 1. The highest BCUT2D eigenvalue weighted by Crippen LogP contribution is 2.17. The van der Waals surface area contributed by atoms with Crippen LogP contribution >= 0.6 is 0 Å². The van der Waals surface area contributed by atoms with Gasteiger partial charge in [0, 0.05) is 6.08 Å². The van der Waals surface area contributed by atoms with E-state index in [4.69, 9.17) is 13.5 Å². The first-order valence-corrected chi connectivity index (χ1v) is 5.50. The van der Waals surface area contributed by atoms with Crippen molar-refractivity contribution < 1.29 is 22.5 Å². The molecule has 0 saturated carbocycles. The molecule has 0 amide bonds. The highest BCUT2D eigenvalue weighted by Gasteiger charge is 2.21. The fourth-order valence-electron chi connectivity index (χ4n) is 0.964. The lowest BCUT2D eigenvalue weighted by Crippen LogP contribution is -2.25. The summed E-state index contributed by atoms with van der Waals surface area (Å²) < 4.78 is 28.4. The van der Waals surface area contributed by atoms with E-state index in [0.29, 0.717) is 12.8 Å². The molecule has 1 N–H and O–H groups in total. The Morgan fingerprint density at radius 2 is 2.20 bits per heavy atom. The maximum atomic E-state index is 10.7. The van der Waals surface area contributed by atoms with Gasteiger partial charge in [0.1, 0.15) is 0 Å². The Bertz CT molecular complexity index is 249. The molecule has 0 aromatic rings. The van der Waals surface area contributed by atoms with Crippen molar-refractivity contribution in [2.75, 3.05) is 6.61 Å². The SMILES string of the molecule is C=CC(=O)OCCCC(C)(C)OS(=O)O. The van der Waals surface area contributed by atoms with Gasteiger partial charge in [-0.2, -0.15) is 4.21 Å². The Labute approximate surface area is 91.9 Å². The minimum atomic E-state index is -2.27. The zero-order valence-electron chi connectivity index (χ0n) is 8.89. The summed E-state index contributed by atoms with van der Waals surface area (Å²) in [7, 11) is 0. The van der Waals surface area contributed by atoms with E-state index >= 15 is 0 Å². The van der Waals surface area contributed by atoms with Crippen LogP contribution in [0.4, 0.5) is 0 Å². The van der Waals surface area contributed by atoms with Gasteiger partial charge >= 0.3 is 17.3 Å². The molecule has 1 atom stereocenters. The lowest BCUT2D eigenvalue weighted by atomic mass is 10.0. The third kappa shape index (κ3) is 8.29. The van der Waals surface area contributed by atoms with E-state index < -0.39 is 22.9 Å². The lowest BCUT2D eigenvalue weighted by Gasteiger charge is -2.21. The lowest BCUT2D eigenvalue weighted by molar-refractivity contribution is -0.138. The van der Waals surface area contributed by atoms with Crippen molar-refractivity contribution in [3.8, 4) is 0 Å². The van der Waals surface area contributed by atoms with Crippen molar-refractivity contribution in [1.29, 1.82) is 0 Å². The number of rotatable bonds is 7. The molecule has 1 unspecified atom stereocenters. The van der Waals surface area contributed by atoms with Crippen molar-refractivity contribution in [2.24, 2.45) is 0 Å². The molecule has 6 heteroatoms. The Hall–Kier alpha value is -0.720. The first kappa shape index (κ1) is 14.3. The van der Waals surface area contributed by atoms with Gasteiger partial charge in [0.2, 0.25) is 0 Å². The smallest absolute Gasteiger partial charge is 0.330 e. The van der Waals surface area contributed by atoms with E-state index in [0.717, 1.165) is 6.08 Å². The fraction of sp³-hybridized carbons (Fsp3) is 0.667. The van der Waals surface area contributed by atoms with Gasteiger partial charge in [-0.3, -0.25) is 8.74 Å². The van der Waals surface area contributed by atoms with Gasteiger partial charge < -0.3 is 4.74 Å². The van der Waals surface area contributed by atoms with Crippen LogP contribution in [0.3, 0.4) is 0 Å². The summed E-state index contributed by atoms with van der Waals surface area (Å²) in [4.78, 5) is 10.7. The van der Waals surface area contributed by atoms with Crippen LogP contribution < -0.4 is 0 Å². The second-order valence-corrected chi connectivity index (χ2v) is 4.14. The third-order valence-electron chi connectivity index (χ3n) is 1.63. The highest BCUT2D eigenvalue weighted by molar-refractivity contribution is 7.74. The average Bonchev–Trinajstić information content (AvgIpc) is 2.10. The molecular formula is C9H16O5S. The molecular weight excluding hydrogens is 220 g/mol. The van der Waals surface area contributed by atoms with Gasteiger partial charge in [0.15, 0.2) is 0 Å². The normalized spacial score (nSPS) is 13.3. The molecule has 0 aromatic heterocycles. The summed E-state index contributed by atoms with van der Waals surface area (Å²) in [6.07, 6.45) is 2.16. The molecule has 0 radical (unpaired) electrons. The molecule has 0 heterocycles. The molecule has 0 aromatic carbocycles. The van der Waals surface area contributed by atoms with Crippen molar-refractivity contribution >= 4 is 17.3 Å². The van der Waals surface area contributed by atoms with Crippen LogP contribution in [0.25, 0.3) is 0 Å². The van der Waals surface area contributed by atoms with Crippen molar-refractivity contribution in [3.05, 3.63) is 12.7 Å². The van der Waals surface area contributed by atoms with E-state index in [-0.39, 0.29) is 6.61 Å². The number of carbonyl (C=O) groups is 1. The third-order valence-corrected chi connectivity index (χ3v) is 2.22. The maximum Gasteiger partial charge on any atom is 0.330 e. The summed E-state index contributed by atoms with van der Waals surface area (Å²) in [5.41, 5.74) is -0.708. The summed E-state index contributed by atoms with van der Waals surface area (Å²) in [6, 6.07) is 0. The quantitative estimate of drug-likeness (QED) is 0.313. The van der Waals surface area contributed by atoms with Crippen LogP contribution in [-0.4, -0.2) is 26.9 Å². The molecule has 0 bridgehead atoms. The molecule has 0 aliphatic heterocycles. The van der Waals surface area contributed by atoms with Gasteiger partial charge in [-0.25, -0.2) is 4.79 Å². The second-order valence-electron chi connectivity index (χ2n) is 3.54. The summed E-state index contributed by atoms with van der Waals surface area (Å²) in [6.45, 7) is 6.88. The molecule has 0 spiro atoms. The molecule has 15 heavy (non-hydrogen) atoms. The van der Waals surface area contributed by atoms with Crippen LogP contribution in [0.1, 0.15) is 26.7 Å². The van der Waals surface area contributed by atoms with Crippen LogP contribution in [0.5, 0.6) is 0 Å². The largest absolute Gasteiger partial charge is 0.463 e. The second kappa shape index (κ2) is 6.71. The zero-order chi connectivity index (χ0) is 11.9. The number of esters is 1. The molecule has 0 saturated heterocycles. The monoisotopic (exact) mass is 236 g/mol. The summed E-state index contributed by atoms with van der Waals surface area (Å²) in [5, 5.41) is 0. The molecule has 5 nitrogen and oxygen atoms in total. The van der Waals surface area contributed by atoms with Gasteiger partial charge in [-0.05, 0) is 26.7 Å². The Balaban J connectivity index is 3.70. The topological polar surface area (TPSA) is 72.8 Å². The molecule has 0 rings (SSSR count). The van der Waals surface area contributed by atoms with Crippen LogP contribution in [0.2, 0.25) is 0 Å². The fourth-order valence-corrected chi connectivity index (χ4v) is 1.43. The molecule has 88 valence electrons. The van der Waals surface area contributed by atoms with Gasteiger partial charge in [-0.1, -0.05) is 6.58 Å². The first-order valence-electron chi connectivity index (χ1n) is 4.47. The van der Waals surface area contributed by atoms with Crippen LogP contribution in [-0.2, 0) is 25.1 Å². The predicted molar refractivity (Wildman–Crippen MR) is 56.3 cm³/mol. The molecule has 0 aliphatic rings. The van der Waals surface area contributed by atoms with Crippen molar-refractivity contribution in [1.82, 2.24) is 0 Å². The van der Waals surface area contributed by atoms with Crippen molar-refractivity contribution in [2.45, 2.75) is 32.3 Å². The Morgan fingerprint density at radius 1 is 1.60 bits per heavy atom. The van der Waals surface area contributed by atoms with E-state index in [2.05, 4.69) is 6.58 Å². The highest BCUT2D eigenvalue weighted by atomic mass is 32.2. The van der Waals surface area contributed by atoms with Gasteiger partial charge in [0.25, 0.3) is 0 Å². The molecule has 0 aliphatic carbocycles. The van der Waals surface area contributed by atoms with Gasteiger partial charge in [0.05, 0.1) is 12.2 Å². The summed E-state index contributed by atoms with van der Waals surface area (Å²) >= 11 is -2.27. The number of carbonyl (C=O) groups excluding carboxylic acids is 1. The standard InChI is InChI=1S/C9H16O5S/c1-4-8(10)13-7-5-6-9(2,3)14-15(11)12/h4H,1,5-7H2,2-3H3,(H,11,12). The minimum Gasteiger partial charge on any atom is -0.463 e. The average molecular weight is 236 g/mol. The zero-order valence-corrected chi connectivity index (χ0v) is 9.71. The van der Waals surface area contributed by atoms with Gasteiger partial charge in [-0.15, -0.1) is 0 Å². The Kier molecular flexibility index (Phi) is 6.38. The first-order chi connectivity index (χ1) is 6.87. The minimum absolute atomic E-state index is 0.246. The number of hydrogen-bond acceptors (Lipinski definition) is 4. The van der Waals surface area contributed by atoms with E-state index in [1.54, 1.807) is 13.8 Å².